The monoisotopic (exact) mass is 442 g/mol. The molecule has 0 radical (unpaired) electrons. The van der Waals surface area contributed by atoms with E-state index in [9.17, 15) is 0 Å². The largest absolute Gasteiger partial charge is 0.379 e. The van der Waals surface area contributed by atoms with Gasteiger partial charge >= 0.3 is 0 Å². The average molecular weight is 443 g/mol. The van der Waals surface area contributed by atoms with Crippen molar-refractivity contribution in [2.75, 3.05) is 51.4 Å². The smallest absolute Gasteiger partial charge is 0.191 e. The molecule has 8 heteroatoms. The molecule has 4 rings (SSSR count). The van der Waals surface area contributed by atoms with E-state index in [0.717, 1.165) is 61.6 Å². The van der Waals surface area contributed by atoms with Gasteiger partial charge in [0.25, 0.3) is 0 Å². The molecule has 2 aliphatic rings. The average Bonchev–Trinajstić information content (AvgIpc) is 3.41. The van der Waals surface area contributed by atoms with Gasteiger partial charge < -0.3 is 15.4 Å². The van der Waals surface area contributed by atoms with E-state index in [2.05, 4.69) is 74.6 Å². The van der Waals surface area contributed by atoms with E-state index in [1.54, 1.807) is 0 Å². The van der Waals surface area contributed by atoms with Gasteiger partial charge in [0, 0.05) is 50.2 Å². The highest BCUT2D eigenvalue weighted by Crippen LogP contribution is 2.33. The molecule has 2 saturated heterocycles. The van der Waals surface area contributed by atoms with Crippen molar-refractivity contribution in [1.29, 1.82) is 0 Å². The van der Waals surface area contributed by atoms with Gasteiger partial charge in [-0.15, -0.1) is 0 Å². The predicted molar refractivity (Wildman–Crippen MR) is 128 cm³/mol. The zero-order valence-corrected chi connectivity index (χ0v) is 19.7. The molecule has 168 valence electrons. The van der Waals surface area contributed by atoms with Gasteiger partial charge in [-0.1, -0.05) is 18.2 Å². The molecule has 2 N–H and O–H groups in total. The van der Waals surface area contributed by atoms with Crippen LogP contribution in [0.2, 0.25) is 0 Å². The summed E-state index contributed by atoms with van der Waals surface area (Å²) in [6.45, 7) is 9.42. The molecule has 7 nitrogen and oxygen atoms in total. The van der Waals surface area contributed by atoms with Crippen molar-refractivity contribution in [2.45, 2.75) is 32.4 Å². The maximum absolute atomic E-state index is 5.58. The van der Waals surface area contributed by atoms with Gasteiger partial charge in [0.05, 0.1) is 24.6 Å². The van der Waals surface area contributed by atoms with Gasteiger partial charge in [0.2, 0.25) is 0 Å². The SMILES string of the molecule is CN=C(NCc1ccccc1-n1nc(C)cc1C)NCC1(N2CCOCC2)CCSC1. The molecule has 31 heavy (non-hydrogen) atoms. The molecular weight excluding hydrogens is 408 g/mol. The standard InChI is InChI=1S/C23H34N6OS/c1-18-14-19(2)29(27-18)21-7-5-4-6-20(21)15-25-22(24-3)26-16-23(8-13-31-17-23)28-9-11-30-12-10-28/h4-7,14H,8-13,15-17H2,1-3H3,(H2,24,25,26). The lowest BCUT2D eigenvalue weighted by Gasteiger charge is -2.43. The van der Waals surface area contributed by atoms with Crippen LogP contribution >= 0.6 is 11.8 Å². The molecule has 0 amide bonds. The first-order valence-electron chi connectivity index (χ1n) is 11.1. The number of rotatable bonds is 6. The Bertz CT molecular complexity index is 899. The van der Waals surface area contributed by atoms with Crippen molar-refractivity contribution in [3.05, 3.63) is 47.3 Å². The number of morpholine rings is 1. The number of aromatic nitrogens is 2. The molecule has 1 unspecified atom stereocenters. The van der Waals surface area contributed by atoms with Crippen molar-refractivity contribution in [3.8, 4) is 5.69 Å². The summed E-state index contributed by atoms with van der Waals surface area (Å²) in [5.41, 5.74) is 4.65. The summed E-state index contributed by atoms with van der Waals surface area (Å²) >= 11 is 2.05. The fourth-order valence-electron chi connectivity index (χ4n) is 4.52. The zero-order chi connectivity index (χ0) is 21.7. The number of ether oxygens (including phenoxy) is 1. The van der Waals surface area contributed by atoms with Crippen LogP contribution in [0.25, 0.3) is 5.69 Å². The van der Waals surface area contributed by atoms with E-state index in [0.29, 0.717) is 6.54 Å². The Morgan fingerprint density at radius 2 is 2.03 bits per heavy atom. The molecule has 0 bridgehead atoms. The summed E-state index contributed by atoms with van der Waals surface area (Å²) in [6, 6.07) is 10.5. The minimum absolute atomic E-state index is 0.188. The maximum Gasteiger partial charge on any atom is 0.191 e. The zero-order valence-electron chi connectivity index (χ0n) is 18.9. The van der Waals surface area contributed by atoms with Crippen molar-refractivity contribution in [2.24, 2.45) is 4.99 Å². The Hall–Kier alpha value is -2.03. The number of para-hydroxylation sites is 1. The Morgan fingerprint density at radius 3 is 2.71 bits per heavy atom. The second kappa shape index (κ2) is 10.1. The van der Waals surface area contributed by atoms with E-state index in [4.69, 9.17) is 4.74 Å². The number of nitrogens with zero attached hydrogens (tertiary/aromatic N) is 4. The lowest BCUT2D eigenvalue weighted by atomic mass is 9.95. The van der Waals surface area contributed by atoms with Gasteiger partial charge in [-0.05, 0) is 43.7 Å². The molecular formula is C23H34N6OS. The highest BCUT2D eigenvalue weighted by molar-refractivity contribution is 7.99. The fourth-order valence-corrected chi connectivity index (χ4v) is 6.00. The summed E-state index contributed by atoms with van der Waals surface area (Å²) in [7, 11) is 1.84. The molecule has 0 spiro atoms. The number of benzene rings is 1. The van der Waals surface area contributed by atoms with Crippen molar-refractivity contribution in [3.63, 3.8) is 0 Å². The van der Waals surface area contributed by atoms with Crippen LogP contribution in [0.15, 0.2) is 35.3 Å². The molecule has 0 saturated carbocycles. The number of hydrogen-bond acceptors (Lipinski definition) is 5. The topological polar surface area (TPSA) is 66.7 Å². The fraction of sp³-hybridized carbons (Fsp3) is 0.565. The van der Waals surface area contributed by atoms with Crippen LogP contribution in [0.4, 0.5) is 0 Å². The first-order chi connectivity index (χ1) is 15.1. The predicted octanol–water partition coefficient (Wildman–Crippen LogP) is 2.36. The van der Waals surface area contributed by atoms with Crippen molar-refractivity contribution < 1.29 is 4.74 Å². The van der Waals surface area contributed by atoms with E-state index >= 15 is 0 Å². The third-order valence-corrected chi connectivity index (χ3v) is 7.48. The number of guanidine groups is 1. The van der Waals surface area contributed by atoms with E-state index in [1.807, 2.05) is 18.7 Å². The third-order valence-electron chi connectivity index (χ3n) is 6.25. The van der Waals surface area contributed by atoms with Gasteiger partial charge in [-0.25, -0.2) is 4.68 Å². The Morgan fingerprint density at radius 1 is 1.23 bits per heavy atom. The minimum Gasteiger partial charge on any atom is -0.379 e. The summed E-state index contributed by atoms with van der Waals surface area (Å²) in [4.78, 5) is 7.11. The van der Waals surface area contributed by atoms with Crippen LogP contribution in [-0.2, 0) is 11.3 Å². The number of hydrogen-bond donors (Lipinski definition) is 2. The molecule has 2 aliphatic heterocycles. The van der Waals surface area contributed by atoms with Gasteiger partial charge in [-0.3, -0.25) is 9.89 Å². The summed E-state index contributed by atoms with van der Waals surface area (Å²) in [5, 5.41) is 11.8. The van der Waals surface area contributed by atoms with E-state index in [1.165, 1.54) is 17.7 Å². The van der Waals surface area contributed by atoms with Gasteiger partial charge in [0.1, 0.15) is 0 Å². The van der Waals surface area contributed by atoms with Crippen LogP contribution in [0.1, 0.15) is 23.4 Å². The molecule has 2 fully saturated rings. The molecule has 1 atom stereocenters. The number of nitrogens with one attached hydrogen (secondary N) is 2. The van der Waals surface area contributed by atoms with Crippen LogP contribution in [0.3, 0.4) is 0 Å². The van der Waals surface area contributed by atoms with Crippen LogP contribution in [0, 0.1) is 13.8 Å². The molecule has 0 aliphatic carbocycles. The van der Waals surface area contributed by atoms with Gasteiger partial charge in [0.15, 0.2) is 5.96 Å². The third kappa shape index (κ3) is 5.07. The molecule has 2 aromatic rings. The quantitative estimate of drug-likeness (QED) is 0.529. The summed E-state index contributed by atoms with van der Waals surface area (Å²) < 4.78 is 7.60. The number of thioether (sulfide) groups is 1. The molecule has 3 heterocycles. The maximum atomic E-state index is 5.58. The summed E-state index contributed by atoms with van der Waals surface area (Å²) in [5.74, 6) is 3.23. The number of aliphatic imine (C=N–C) groups is 1. The first-order valence-corrected chi connectivity index (χ1v) is 12.2. The minimum atomic E-state index is 0.188. The van der Waals surface area contributed by atoms with Crippen LogP contribution in [0.5, 0.6) is 0 Å². The Kier molecular flexibility index (Phi) is 7.20. The highest BCUT2D eigenvalue weighted by Gasteiger charge is 2.40. The van der Waals surface area contributed by atoms with Crippen molar-refractivity contribution in [1.82, 2.24) is 25.3 Å². The molecule has 1 aromatic heterocycles. The molecule has 1 aromatic carbocycles. The second-order valence-corrected chi connectivity index (χ2v) is 9.48. The summed E-state index contributed by atoms with van der Waals surface area (Å²) in [6.07, 6.45) is 1.21. The normalized spacial score (nSPS) is 22.6. The van der Waals surface area contributed by atoms with Crippen molar-refractivity contribution >= 4 is 17.7 Å². The van der Waals surface area contributed by atoms with E-state index < -0.39 is 0 Å². The lowest BCUT2D eigenvalue weighted by Crippen LogP contribution is -2.60. The van der Waals surface area contributed by atoms with Crippen LogP contribution < -0.4 is 10.6 Å². The number of aryl methyl sites for hydroxylation is 2. The lowest BCUT2D eigenvalue weighted by molar-refractivity contribution is -0.0120. The Balaban J connectivity index is 1.41. The Labute approximate surface area is 189 Å². The first kappa shape index (κ1) is 22.2. The van der Waals surface area contributed by atoms with Gasteiger partial charge in [-0.2, -0.15) is 16.9 Å². The second-order valence-electron chi connectivity index (χ2n) is 8.37. The van der Waals surface area contributed by atoms with E-state index in [-0.39, 0.29) is 5.54 Å². The van der Waals surface area contributed by atoms with Crippen LogP contribution in [-0.4, -0.2) is 77.6 Å². The highest BCUT2D eigenvalue weighted by atomic mass is 32.2.